The Balaban J connectivity index is 1.64. The van der Waals surface area contributed by atoms with Crippen molar-refractivity contribution in [2.45, 2.75) is 19.5 Å². The highest BCUT2D eigenvalue weighted by molar-refractivity contribution is 7.17. The van der Waals surface area contributed by atoms with Gasteiger partial charge in [-0.3, -0.25) is 9.69 Å². The van der Waals surface area contributed by atoms with Crippen LogP contribution in [0, 0.1) is 0 Å². The summed E-state index contributed by atoms with van der Waals surface area (Å²) < 4.78 is 5.87. The van der Waals surface area contributed by atoms with Gasteiger partial charge in [-0.1, -0.05) is 30.3 Å². The van der Waals surface area contributed by atoms with E-state index in [-0.39, 0.29) is 18.7 Å². The molecule has 1 aliphatic heterocycles. The summed E-state index contributed by atoms with van der Waals surface area (Å²) in [5.41, 5.74) is 2.04. The molecule has 10 heteroatoms. The van der Waals surface area contributed by atoms with Crippen LogP contribution in [0.2, 0.25) is 0 Å². The number of hydrogen-bond acceptors (Lipinski definition) is 7. The summed E-state index contributed by atoms with van der Waals surface area (Å²) in [6, 6.07) is 10.0. The molecule has 4 rings (SSSR count). The number of rotatable bonds is 7. The first kappa shape index (κ1) is 21.7. The zero-order valence-electron chi connectivity index (χ0n) is 17.7. The first-order chi connectivity index (χ1) is 15.5. The van der Waals surface area contributed by atoms with Crippen LogP contribution in [0.3, 0.4) is 0 Å². The quantitative estimate of drug-likeness (QED) is 0.473. The number of thiophene rings is 1. The lowest BCUT2D eigenvalue weighted by atomic mass is 9.95. The molecule has 2 aromatic heterocycles. The van der Waals surface area contributed by atoms with Crippen LogP contribution in [0.15, 0.2) is 57.8 Å². The van der Waals surface area contributed by atoms with Crippen molar-refractivity contribution < 1.29 is 14.3 Å². The molecule has 166 valence electrons. The molecule has 3 N–H and O–H groups in total. The standard InChI is InChI=1S/C22H23N5O4S/c1-3-31-21(29)17-15(24-22(30)26-18(17)13-7-5-4-6-8-13)11-27(2)12-16-23-14-9-10-32-19(14)20(28)25-16/h4-10,18H,3,11-12H2,1-2H3,(H,23,25,28)(H2,24,26,30)/t18-/m1/s1. The number of urea groups is 1. The van der Waals surface area contributed by atoms with Gasteiger partial charge in [-0.2, -0.15) is 0 Å². The van der Waals surface area contributed by atoms with Crippen LogP contribution in [0.4, 0.5) is 4.79 Å². The van der Waals surface area contributed by atoms with E-state index in [0.29, 0.717) is 33.9 Å². The fourth-order valence-corrected chi connectivity index (χ4v) is 4.39. The number of carbonyl (C=O) groups excluding carboxylic acids is 2. The van der Waals surface area contributed by atoms with Gasteiger partial charge >= 0.3 is 12.0 Å². The zero-order chi connectivity index (χ0) is 22.7. The Morgan fingerprint density at radius 3 is 2.72 bits per heavy atom. The van der Waals surface area contributed by atoms with Gasteiger partial charge in [0.2, 0.25) is 0 Å². The second kappa shape index (κ2) is 9.33. The van der Waals surface area contributed by atoms with Crippen LogP contribution in [-0.2, 0) is 16.1 Å². The van der Waals surface area contributed by atoms with Gasteiger partial charge in [0.15, 0.2) is 0 Å². The van der Waals surface area contributed by atoms with Crippen LogP contribution in [0.5, 0.6) is 0 Å². The monoisotopic (exact) mass is 453 g/mol. The summed E-state index contributed by atoms with van der Waals surface area (Å²) in [5.74, 6) is 0.00466. The van der Waals surface area contributed by atoms with E-state index in [9.17, 15) is 14.4 Å². The van der Waals surface area contributed by atoms with E-state index >= 15 is 0 Å². The maximum absolute atomic E-state index is 12.9. The van der Waals surface area contributed by atoms with E-state index in [0.717, 1.165) is 5.56 Å². The smallest absolute Gasteiger partial charge is 0.338 e. The molecule has 1 aromatic carbocycles. The fourth-order valence-electron chi connectivity index (χ4n) is 3.67. The van der Waals surface area contributed by atoms with Crippen molar-refractivity contribution in [2.24, 2.45) is 0 Å². The van der Waals surface area contributed by atoms with Gasteiger partial charge in [0.25, 0.3) is 5.56 Å². The van der Waals surface area contributed by atoms with Gasteiger partial charge in [0.05, 0.1) is 30.3 Å². The molecule has 9 nitrogen and oxygen atoms in total. The lowest BCUT2D eigenvalue weighted by Gasteiger charge is -2.31. The second-order valence-electron chi connectivity index (χ2n) is 7.37. The van der Waals surface area contributed by atoms with Gasteiger partial charge < -0.3 is 20.4 Å². The summed E-state index contributed by atoms with van der Waals surface area (Å²) in [4.78, 5) is 46.7. The van der Waals surface area contributed by atoms with Crippen molar-refractivity contribution in [3.8, 4) is 0 Å². The number of amides is 2. The minimum Gasteiger partial charge on any atom is -0.463 e. The zero-order valence-corrected chi connectivity index (χ0v) is 18.5. The summed E-state index contributed by atoms with van der Waals surface area (Å²) in [5, 5.41) is 7.39. The summed E-state index contributed by atoms with van der Waals surface area (Å²) in [6.07, 6.45) is 0. The molecule has 0 aliphatic carbocycles. The van der Waals surface area contributed by atoms with Gasteiger partial charge in [0.1, 0.15) is 10.5 Å². The molecule has 0 spiro atoms. The molecule has 0 radical (unpaired) electrons. The van der Waals surface area contributed by atoms with Crippen molar-refractivity contribution in [3.05, 3.63) is 74.8 Å². The molecule has 3 heterocycles. The molecule has 0 saturated carbocycles. The minimum atomic E-state index is -0.632. The molecule has 1 atom stereocenters. The van der Waals surface area contributed by atoms with Crippen molar-refractivity contribution in [2.75, 3.05) is 20.2 Å². The maximum Gasteiger partial charge on any atom is 0.338 e. The molecule has 0 saturated heterocycles. The van der Waals surface area contributed by atoms with Crippen LogP contribution >= 0.6 is 11.3 Å². The van der Waals surface area contributed by atoms with Crippen LogP contribution < -0.4 is 16.2 Å². The molecule has 0 bridgehead atoms. The molecule has 0 fully saturated rings. The highest BCUT2D eigenvalue weighted by Gasteiger charge is 2.34. The van der Waals surface area contributed by atoms with Gasteiger partial charge in [-0.05, 0) is 31.0 Å². The van der Waals surface area contributed by atoms with Gasteiger partial charge in [-0.15, -0.1) is 11.3 Å². The van der Waals surface area contributed by atoms with Gasteiger partial charge in [-0.25, -0.2) is 14.6 Å². The topological polar surface area (TPSA) is 116 Å². The number of hydrogen-bond donors (Lipinski definition) is 3. The Morgan fingerprint density at radius 1 is 1.19 bits per heavy atom. The number of aromatic amines is 1. The average molecular weight is 454 g/mol. The molecular weight excluding hydrogens is 430 g/mol. The lowest BCUT2D eigenvalue weighted by Crippen LogP contribution is -2.48. The van der Waals surface area contributed by atoms with Crippen molar-refractivity contribution in [3.63, 3.8) is 0 Å². The summed E-state index contributed by atoms with van der Waals surface area (Å²) in [7, 11) is 1.82. The number of aromatic nitrogens is 2. The lowest BCUT2D eigenvalue weighted by molar-refractivity contribution is -0.139. The number of esters is 1. The van der Waals surface area contributed by atoms with E-state index < -0.39 is 18.0 Å². The Morgan fingerprint density at radius 2 is 1.97 bits per heavy atom. The van der Waals surface area contributed by atoms with Crippen molar-refractivity contribution in [1.82, 2.24) is 25.5 Å². The summed E-state index contributed by atoms with van der Waals surface area (Å²) >= 11 is 1.34. The second-order valence-corrected chi connectivity index (χ2v) is 8.29. The van der Waals surface area contributed by atoms with Crippen LogP contribution in [-0.4, -0.2) is 47.1 Å². The molecule has 1 aliphatic rings. The van der Waals surface area contributed by atoms with E-state index in [4.69, 9.17) is 4.74 Å². The Hall–Kier alpha value is -3.50. The first-order valence-electron chi connectivity index (χ1n) is 10.1. The number of benzene rings is 1. The Bertz CT molecular complexity index is 1230. The van der Waals surface area contributed by atoms with E-state index in [1.807, 2.05) is 47.7 Å². The fraction of sp³-hybridized carbons (Fsp3) is 0.273. The largest absolute Gasteiger partial charge is 0.463 e. The third kappa shape index (κ3) is 4.56. The number of likely N-dealkylation sites (N-methyl/N-ethyl adjacent to an activating group) is 1. The molecule has 3 aromatic rings. The predicted octanol–water partition coefficient (Wildman–Crippen LogP) is 2.29. The molecular formula is C22H23N5O4S. The third-order valence-corrected chi connectivity index (χ3v) is 5.90. The van der Waals surface area contributed by atoms with Gasteiger partial charge in [0, 0.05) is 12.2 Å². The van der Waals surface area contributed by atoms with E-state index in [1.165, 1.54) is 11.3 Å². The highest BCUT2D eigenvalue weighted by Crippen LogP contribution is 2.28. The number of H-pyrrole nitrogens is 1. The average Bonchev–Trinajstić information content (AvgIpc) is 3.23. The van der Waals surface area contributed by atoms with E-state index in [2.05, 4.69) is 20.6 Å². The first-order valence-corrected chi connectivity index (χ1v) is 11.0. The Kier molecular flexibility index (Phi) is 6.33. The summed E-state index contributed by atoms with van der Waals surface area (Å²) in [6.45, 7) is 2.52. The molecule has 2 amide bonds. The number of fused-ring (bicyclic) bond motifs is 1. The highest BCUT2D eigenvalue weighted by atomic mass is 32.1. The maximum atomic E-state index is 12.9. The number of nitrogens with one attached hydrogen (secondary N) is 3. The molecule has 0 unspecified atom stereocenters. The molecule has 32 heavy (non-hydrogen) atoms. The van der Waals surface area contributed by atoms with Crippen LogP contribution in [0.25, 0.3) is 10.2 Å². The Labute approximate surface area is 188 Å². The minimum absolute atomic E-state index is 0.181. The van der Waals surface area contributed by atoms with E-state index in [1.54, 1.807) is 13.0 Å². The number of ether oxygens (including phenoxy) is 1. The third-order valence-electron chi connectivity index (χ3n) is 4.99. The number of nitrogens with zero attached hydrogens (tertiary/aromatic N) is 2. The SMILES string of the molecule is CCOC(=O)C1=C(CN(C)Cc2nc3ccsc3c(=O)[nH]2)NC(=O)N[C@@H]1c1ccccc1. The predicted molar refractivity (Wildman–Crippen MR) is 121 cm³/mol. The normalized spacial score (nSPS) is 16.2. The van der Waals surface area contributed by atoms with Crippen molar-refractivity contribution >= 4 is 33.6 Å². The van der Waals surface area contributed by atoms with Crippen molar-refractivity contribution in [1.29, 1.82) is 0 Å². The number of carbonyl (C=O) groups is 2. The van der Waals surface area contributed by atoms with Crippen LogP contribution in [0.1, 0.15) is 24.4 Å².